The SMILES string of the molecule is Clc1ccccc1Cc1cnc[nH]1. The minimum atomic E-state index is 0.803. The van der Waals surface area contributed by atoms with Gasteiger partial charge in [-0.1, -0.05) is 29.8 Å². The molecule has 0 atom stereocenters. The standard InChI is InChI=1S/C10H9ClN2/c11-10-4-2-1-3-8(10)5-9-6-12-7-13-9/h1-4,6-7H,5H2,(H,12,13). The van der Waals surface area contributed by atoms with E-state index in [4.69, 9.17) is 11.6 Å². The molecule has 66 valence electrons. The van der Waals surface area contributed by atoms with Crippen molar-refractivity contribution in [1.29, 1.82) is 0 Å². The largest absolute Gasteiger partial charge is 0.348 e. The summed E-state index contributed by atoms with van der Waals surface area (Å²) in [7, 11) is 0. The van der Waals surface area contributed by atoms with E-state index >= 15 is 0 Å². The molecule has 0 bridgehead atoms. The molecule has 0 saturated carbocycles. The molecule has 0 saturated heterocycles. The number of nitrogens with one attached hydrogen (secondary N) is 1. The smallest absolute Gasteiger partial charge is 0.0921 e. The van der Waals surface area contributed by atoms with Gasteiger partial charge in [0.2, 0.25) is 0 Å². The molecular formula is C10H9ClN2. The summed E-state index contributed by atoms with van der Waals surface area (Å²) in [6.07, 6.45) is 4.29. The number of benzene rings is 1. The fraction of sp³-hybridized carbons (Fsp3) is 0.100. The van der Waals surface area contributed by atoms with Crippen molar-refractivity contribution in [1.82, 2.24) is 9.97 Å². The van der Waals surface area contributed by atoms with Crippen LogP contribution in [0.5, 0.6) is 0 Å². The average molecular weight is 193 g/mol. The first kappa shape index (κ1) is 8.32. The van der Waals surface area contributed by atoms with Crippen LogP contribution in [0.25, 0.3) is 0 Å². The van der Waals surface area contributed by atoms with Gasteiger partial charge in [-0.15, -0.1) is 0 Å². The molecule has 0 radical (unpaired) electrons. The first-order chi connectivity index (χ1) is 6.36. The van der Waals surface area contributed by atoms with Gasteiger partial charge in [0.15, 0.2) is 0 Å². The van der Waals surface area contributed by atoms with Crippen molar-refractivity contribution < 1.29 is 0 Å². The summed E-state index contributed by atoms with van der Waals surface area (Å²) < 4.78 is 0. The Hall–Kier alpha value is -1.28. The van der Waals surface area contributed by atoms with E-state index in [0.29, 0.717) is 0 Å². The van der Waals surface area contributed by atoms with Crippen LogP contribution >= 0.6 is 11.6 Å². The molecule has 0 spiro atoms. The molecule has 0 aliphatic heterocycles. The van der Waals surface area contributed by atoms with Gasteiger partial charge in [-0.05, 0) is 11.6 Å². The third kappa shape index (κ3) is 1.90. The number of hydrogen-bond donors (Lipinski definition) is 1. The Bertz CT molecular complexity index is 382. The molecule has 1 N–H and O–H groups in total. The summed E-state index contributed by atoms with van der Waals surface area (Å²) in [4.78, 5) is 6.99. The third-order valence-electron chi connectivity index (χ3n) is 1.89. The van der Waals surface area contributed by atoms with Crippen LogP contribution in [0.3, 0.4) is 0 Å². The molecule has 13 heavy (non-hydrogen) atoms. The fourth-order valence-electron chi connectivity index (χ4n) is 1.23. The molecule has 1 aromatic heterocycles. The molecule has 2 aromatic rings. The van der Waals surface area contributed by atoms with E-state index in [9.17, 15) is 0 Å². The van der Waals surface area contributed by atoms with E-state index in [-0.39, 0.29) is 0 Å². The summed E-state index contributed by atoms with van der Waals surface area (Å²) in [5, 5.41) is 0.803. The summed E-state index contributed by atoms with van der Waals surface area (Å²) in [6, 6.07) is 7.83. The number of hydrogen-bond acceptors (Lipinski definition) is 1. The number of rotatable bonds is 2. The Balaban J connectivity index is 2.24. The summed E-state index contributed by atoms with van der Waals surface area (Å²) in [5.74, 6) is 0. The Kier molecular flexibility index (Phi) is 2.32. The van der Waals surface area contributed by atoms with Crippen molar-refractivity contribution in [3.8, 4) is 0 Å². The topological polar surface area (TPSA) is 28.7 Å². The number of nitrogens with zero attached hydrogens (tertiary/aromatic N) is 1. The van der Waals surface area contributed by atoms with Gasteiger partial charge in [-0.2, -0.15) is 0 Å². The molecule has 3 heteroatoms. The van der Waals surface area contributed by atoms with Gasteiger partial charge in [0.1, 0.15) is 0 Å². The summed E-state index contributed by atoms with van der Waals surface area (Å²) in [6.45, 7) is 0. The van der Waals surface area contributed by atoms with Gasteiger partial charge < -0.3 is 4.98 Å². The Morgan fingerprint density at radius 1 is 1.31 bits per heavy atom. The lowest BCUT2D eigenvalue weighted by Crippen LogP contribution is -1.88. The van der Waals surface area contributed by atoms with Crippen LogP contribution in [-0.2, 0) is 6.42 Å². The predicted octanol–water partition coefficient (Wildman–Crippen LogP) is 2.65. The molecule has 0 aliphatic carbocycles. The van der Waals surface area contributed by atoms with Crippen LogP contribution in [-0.4, -0.2) is 9.97 Å². The van der Waals surface area contributed by atoms with Crippen LogP contribution in [0.2, 0.25) is 5.02 Å². The average Bonchev–Trinajstić information content (AvgIpc) is 2.61. The quantitative estimate of drug-likeness (QED) is 0.779. The van der Waals surface area contributed by atoms with Crippen molar-refractivity contribution in [2.24, 2.45) is 0 Å². The van der Waals surface area contributed by atoms with Crippen LogP contribution in [0, 0.1) is 0 Å². The van der Waals surface area contributed by atoms with Gasteiger partial charge in [-0.25, -0.2) is 4.98 Å². The molecular weight excluding hydrogens is 184 g/mol. The van der Waals surface area contributed by atoms with Gasteiger partial charge in [0, 0.05) is 23.3 Å². The first-order valence-electron chi connectivity index (χ1n) is 4.07. The monoisotopic (exact) mass is 192 g/mol. The zero-order valence-corrected chi connectivity index (χ0v) is 7.75. The number of imidazole rings is 1. The predicted molar refractivity (Wildman–Crippen MR) is 52.8 cm³/mol. The molecule has 2 nitrogen and oxygen atoms in total. The Morgan fingerprint density at radius 2 is 2.15 bits per heavy atom. The normalized spacial score (nSPS) is 10.2. The molecule has 0 amide bonds. The second kappa shape index (κ2) is 3.62. The van der Waals surface area contributed by atoms with E-state index < -0.39 is 0 Å². The minimum absolute atomic E-state index is 0.803. The van der Waals surface area contributed by atoms with Crippen molar-refractivity contribution in [2.45, 2.75) is 6.42 Å². The van der Waals surface area contributed by atoms with E-state index in [2.05, 4.69) is 9.97 Å². The van der Waals surface area contributed by atoms with Crippen LogP contribution in [0.4, 0.5) is 0 Å². The van der Waals surface area contributed by atoms with E-state index in [1.54, 1.807) is 6.33 Å². The zero-order chi connectivity index (χ0) is 9.10. The number of halogens is 1. The lowest BCUT2D eigenvalue weighted by atomic mass is 10.1. The second-order valence-electron chi connectivity index (χ2n) is 2.85. The minimum Gasteiger partial charge on any atom is -0.348 e. The Morgan fingerprint density at radius 3 is 2.85 bits per heavy atom. The summed E-state index contributed by atoms with van der Waals surface area (Å²) >= 11 is 6.01. The van der Waals surface area contributed by atoms with Gasteiger partial charge >= 0.3 is 0 Å². The maximum absolute atomic E-state index is 6.01. The van der Waals surface area contributed by atoms with Gasteiger partial charge in [0.05, 0.1) is 6.33 Å². The van der Waals surface area contributed by atoms with Crippen LogP contribution < -0.4 is 0 Å². The molecule has 0 aliphatic rings. The highest BCUT2D eigenvalue weighted by atomic mass is 35.5. The van der Waals surface area contributed by atoms with Gasteiger partial charge in [0.25, 0.3) is 0 Å². The highest BCUT2D eigenvalue weighted by Crippen LogP contribution is 2.17. The van der Waals surface area contributed by atoms with Crippen LogP contribution in [0.15, 0.2) is 36.8 Å². The number of H-pyrrole nitrogens is 1. The maximum atomic E-state index is 6.01. The van der Waals surface area contributed by atoms with Crippen molar-refractivity contribution in [3.63, 3.8) is 0 Å². The fourth-order valence-corrected chi connectivity index (χ4v) is 1.43. The zero-order valence-electron chi connectivity index (χ0n) is 7.00. The Labute approximate surface area is 81.6 Å². The van der Waals surface area contributed by atoms with Crippen molar-refractivity contribution >= 4 is 11.6 Å². The molecule has 1 aromatic carbocycles. The molecule has 0 unspecified atom stereocenters. The molecule has 2 rings (SSSR count). The van der Waals surface area contributed by atoms with Gasteiger partial charge in [-0.3, -0.25) is 0 Å². The van der Waals surface area contributed by atoms with Crippen molar-refractivity contribution in [3.05, 3.63) is 53.1 Å². The third-order valence-corrected chi connectivity index (χ3v) is 2.26. The molecule has 1 heterocycles. The molecule has 0 fully saturated rings. The maximum Gasteiger partial charge on any atom is 0.0921 e. The van der Waals surface area contributed by atoms with E-state index in [0.717, 1.165) is 22.7 Å². The first-order valence-corrected chi connectivity index (χ1v) is 4.45. The highest BCUT2D eigenvalue weighted by Gasteiger charge is 2.00. The van der Waals surface area contributed by atoms with Crippen LogP contribution in [0.1, 0.15) is 11.3 Å². The lowest BCUT2D eigenvalue weighted by molar-refractivity contribution is 1.11. The highest BCUT2D eigenvalue weighted by molar-refractivity contribution is 6.31. The number of aromatic nitrogens is 2. The van der Waals surface area contributed by atoms with E-state index in [1.807, 2.05) is 30.5 Å². The van der Waals surface area contributed by atoms with Crippen molar-refractivity contribution in [2.75, 3.05) is 0 Å². The van der Waals surface area contributed by atoms with E-state index in [1.165, 1.54) is 0 Å². The summed E-state index contributed by atoms with van der Waals surface area (Å²) in [5.41, 5.74) is 2.20. The second-order valence-corrected chi connectivity index (χ2v) is 3.25. The number of aromatic amines is 1. The lowest BCUT2D eigenvalue weighted by Gasteiger charge is -2.00.